The quantitative estimate of drug-likeness (QED) is 0.464. The second-order valence-electron chi connectivity index (χ2n) is 7.51. The summed E-state index contributed by atoms with van der Waals surface area (Å²) >= 11 is 1.28. The summed E-state index contributed by atoms with van der Waals surface area (Å²) in [5.74, 6) is 2.19. The third kappa shape index (κ3) is 4.49. The Bertz CT molecular complexity index is 1300. The number of thioether (sulfide) groups is 1. The highest BCUT2D eigenvalue weighted by Gasteiger charge is 2.34. The fourth-order valence-corrected chi connectivity index (χ4v) is 4.66. The summed E-state index contributed by atoms with van der Waals surface area (Å²) in [7, 11) is 4.71. The number of methoxy groups -OCH3 is 3. The zero-order valence-electron chi connectivity index (χ0n) is 20.2. The van der Waals surface area contributed by atoms with E-state index in [2.05, 4.69) is 5.10 Å². The second-order valence-corrected chi connectivity index (χ2v) is 8.49. The molecule has 4 rings (SSSR count). The highest BCUT2D eigenvalue weighted by Crippen LogP contribution is 2.42. The molecule has 1 aromatic heterocycles. The lowest BCUT2D eigenvalue weighted by Gasteiger charge is -2.23. The summed E-state index contributed by atoms with van der Waals surface area (Å²) in [6.07, 6.45) is 0.482. The van der Waals surface area contributed by atoms with Crippen LogP contribution in [0.2, 0.25) is 0 Å². The number of aromatic nitrogens is 2. The van der Waals surface area contributed by atoms with Crippen molar-refractivity contribution in [3.05, 3.63) is 48.0 Å². The molecule has 0 saturated heterocycles. The highest BCUT2D eigenvalue weighted by atomic mass is 32.2. The minimum atomic E-state index is -0.237. The molecule has 3 aromatic rings. The molecule has 0 bridgehead atoms. The van der Waals surface area contributed by atoms with Crippen LogP contribution in [0.15, 0.2) is 52.6 Å². The van der Waals surface area contributed by atoms with E-state index in [9.17, 15) is 9.59 Å². The van der Waals surface area contributed by atoms with E-state index in [-0.39, 0.29) is 24.7 Å². The van der Waals surface area contributed by atoms with Gasteiger partial charge in [0.15, 0.2) is 17.3 Å². The predicted molar refractivity (Wildman–Crippen MR) is 135 cm³/mol. The number of anilines is 1. The molecular weight excluding hydrogens is 468 g/mol. The van der Waals surface area contributed by atoms with Gasteiger partial charge in [0.2, 0.25) is 11.8 Å². The van der Waals surface area contributed by atoms with Gasteiger partial charge in [0.05, 0.1) is 21.3 Å². The normalized spacial score (nSPS) is 12.6. The van der Waals surface area contributed by atoms with Gasteiger partial charge in [-0.25, -0.2) is 4.98 Å². The Morgan fingerprint density at radius 1 is 0.857 bits per heavy atom. The number of fused-ring (bicyclic) bond motifs is 1. The first-order valence-electron chi connectivity index (χ1n) is 11.1. The van der Waals surface area contributed by atoms with E-state index in [1.54, 1.807) is 64.0 Å². The average molecular weight is 495 g/mol. The Kier molecular flexibility index (Phi) is 7.11. The smallest absolute Gasteiger partial charge is 0.248 e. The predicted octanol–water partition coefficient (Wildman–Crippen LogP) is 4.84. The van der Waals surface area contributed by atoms with Crippen LogP contribution in [0.1, 0.15) is 37.0 Å². The van der Waals surface area contributed by atoms with Crippen LogP contribution in [0.4, 0.5) is 5.82 Å². The van der Waals surface area contributed by atoms with Gasteiger partial charge in [-0.05, 0) is 54.2 Å². The van der Waals surface area contributed by atoms with Gasteiger partial charge >= 0.3 is 0 Å². The molecule has 2 aromatic carbocycles. The lowest BCUT2D eigenvalue weighted by atomic mass is 10.2. The number of rotatable bonds is 7. The summed E-state index contributed by atoms with van der Waals surface area (Å²) in [6, 6.07) is 12.7. The van der Waals surface area contributed by atoms with Crippen molar-refractivity contribution < 1.29 is 23.8 Å². The average Bonchev–Trinajstić information content (AvgIpc) is 3.30. The monoisotopic (exact) mass is 494 g/mol. The SMILES string of the molecule is CCC(=O)N1N=C(c2ccc(OC)c(OC)c2)Sc2c1nc(-c1ccc(OC)cc1)n2C(=O)CC. The number of benzene rings is 2. The Labute approximate surface area is 207 Å². The molecule has 2 heterocycles. The third-order valence-corrected chi connectivity index (χ3v) is 6.54. The fourth-order valence-electron chi connectivity index (χ4n) is 3.61. The molecule has 1 amide bonds. The summed E-state index contributed by atoms with van der Waals surface area (Å²) in [5.41, 5.74) is 1.44. The molecule has 1 aliphatic heterocycles. The van der Waals surface area contributed by atoms with Crippen molar-refractivity contribution in [2.75, 3.05) is 26.3 Å². The largest absolute Gasteiger partial charge is 0.497 e. The van der Waals surface area contributed by atoms with Gasteiger partial charge in [0, 0.05) is 24.0 Å². The zero-order chi connectivity index (χ0) is 25.1. The number of hydrogen-bond donors (Lipinski definition) is 0. The minimum absolute atomic E-state index is 0.144. The van der Waals surface area contributed by atoms with Crippen molar-refractivity contribution >= 4 is 34.4 Å². The number of ether oxygens (including phenoxy) is 3. The molecule has 182 valence electrons. The van der Waals surface area contributed by atoms with E-state index in [4.69, 9.17) is 19.2 Å². The topological polar surface area (TPSA) is 95.2 Å². The van der Waals surface area contributed by atoms with Crippen LogP contribution in [0.25, 0.3) is 11.4 Å². The first-order chi connectivity index (χ1) is 16.9. The molecule has 10 heteroatoms. The van der Waals surface area contributed by atoms with E-state index >= 15 is 0 Å². The van der Waals surface area contributed by atoms with E-state index in [1.165, 1.54) is 16.8 Å². The van der Waals surface area contributed by atoms with Crippen LogP contribution in [-0.2, 0) is 4.79 Å². The van der Waals surface area contributed by atoms with Crippen molar-refractivity contribution in [3.63, 3.8) is 0 Å². The van der Waals surface area contributed by atoms with Crippen molar-refractivity contribution in [2.24, 2.45) is 5.10 Å². The molecule has 0 unspecified atom stereocenters. The molecule has 1 aliphatic rings. The number of imidazole rings is 1. The lowest BCUT2D eigenvalue weighted by molar-refractivity contribution is -0.118. The van der Waals surface area contributed by atoms with Crippen molar-refractivity contribution in [1.82, 2.24) is 9.55 Å². The van der Waals surface area contributed by atoms with Crippen LogP contribution >= 0.6 is 11.8 Å². The van der Waals surface area contributed by atoms with Gasteiger partial charge in [-0.1, -0.05) is 13.8 Å². The second kappa shape index (κ2) is 10.2. The molecular formula is C25H26N4O5S. The first kappa shape index (κ1) is 24.3. The molecule has 0 saturated carbocycles. The number of hydrazone groups is 1. The molecule has 0 radical (unpaired) electrons. The summed E-state index contributed by atoms with van der Waals surface area (Å²) in [4.78, 5) is 30.8. The summed E-state index contributed by atoms with van der Waals surface area (Å²) in [6.45, 7) is 3.55. The molecule has 0 fully saturated rings. The number of nitrogens with zero attached hydrogens (tertiary/aromatic N) is 4. The van der Waals surface area contributed by atoms with Crippen LogP contribution in [0.3, 0.4) is 0 Å². The Hall–Kier alpha value is -3.79. The van der Waals surface area contributed by atoms with E-state index in [1.807, 2.05) is 18.2 Å². The van der Waals surface area contributed by atoms with E-state index in [0.29, 0.717) is 39.0 Å². The van der Waals surface area contributed by atoms with Crippen LogP contribution < -0.4 is 19.2 Å². The van der Waals surface area contributed by atoms with E-state index < -0.39 is 0 Å². The van der Waals surface area contributed by atoms with Gasteiger partial charge in [-0.15, -0.1) is 0 Å². The van der Waals surface area contributed by atoms with Gasteiger partial charge < -0.3 is 14.2 Å². The summed E-state index contributed by atoms with van der Waals surface area (Å²) < 4.78 is 17.6. The Morgan fingerprint density at radius 3 is 2.11 bits per heavy atom. The van der Waals surface area contributed by atoms with Crippen LogP contribution in [-0.4, -0.2) is 47.7 Å². The van der Waals surface area contributed by atoms with E-state index in [0.717, 1.165) is 11.1 Å². The molecule has 0 atom stereocenters. The lowest BCUT2D eigenvalue weighted by Crippen LogP contribution is -2.29. The number of carbonyl (C=O) groups is 2. The van der Waals surface area contributed by atoms with Gasteiger partial charge in [0.25, 0.3) is 0 Å². The molecule has 35 heavy (non-hydrogen) atoms. The Balaban J connectivity index is 1.89. The third-order valence-electron chi connectivity index (χ3n) is 5.47. The van der Waals surface area contributed by atoms with Crippen molar-refractivity contribution in [2.45, 2.75) is 31.7 Å². The van der Waals surface area contributed by atoms with Crippen molar-refractivity contribution in [3.8, 4) is 28.6 Å². The number of amides is 1. The molecule has 0 N–H and O–H groups in total. The fraction of sp³-hybridized carbons (Fsp3) is 0.280. The van der Waals surface area contributed by atoms with Crippen molar-refractivity contribution in [1.29, 1.82) is 0 Å². The zero-order valence-corrected chi connectivity index (χ0v) is 21.0. The maximum atomic E-state index is 13.1. The number of hydrogen-bond acceptors (Lipinski definition) is 8. The Morgan fingerprint density at radius 2 is 1.51 bits per heavy atom. The summed E-state index contributed by atoms with van der Waals surface area (Å²) in [5, 5.41) is 6.96. The molecule has 9 nitrogen and oxygen atoms in total. The standard InChI is InChI=1S/C25H26N4O5S/c1-6-20(30)28-22(15-8-11-17(32-3)12-9-15)26-23-25(28)35-24(27-29(23)21(31)7-2)16-10-13-18(33-4)19(14-16)34-5/h8-14H,6-7H2,1-5H3. The molecule has 0 spiro atoms. The van der Waals surface area contributed by atoms with Crippen LogP contribution in [0, 0.1) is 0 Å². The minimum Gasteiger partial charge on any atom is -0.497 e. The maximum absolute atomic E-state index is 13.1. The number of carbonyl (C=O) groups excluding carboxylic acids is 2. The maximum Gasteiger partial charge on any atom is 0.248 e. The van der Waals surface area contributed by atoms with Gasteiger partial charge in [0.1, 0.15) is 21.6 Å². The molecule has 0 aliphatic carbocycles. The van der Waals surface area contributed by atoms with Gasteiger partial charge in [-0.2, -0.15) is 10.1 Å². The van der Waals surface area contributed by atoms with Crippen LogP contribution in [0.5, 0.6) is 17.2 Å². The van der Waals surface area contributed by atoms with Gasteiger partial charge in [-0.3, -0.25) is 14.2 Å². The first-order valence-corrected chi connectivity index (χ1v) is 11.9. The highest BCUT2D eigenvalue weighted by molar-refractivity contribution is 8.14.